The Morgan fingerprint density at radius 3 is 2.73 bits per heavy atom. The molecule has 1 rings (SSSR count). The second kappa shape index (κ2) is 2.41. The van der Waals surface area contributed by atoms with Crippen molar-refractivity contribution in [3.63, 3.8) is 0 Å². The van der Waals surface area contributed by atoms with Crippen molar-refractivity contribution >= 4 is 5.97 Å². The molecule has 2 N–H and O–H groups in total. The number of nitrogens with zero attached hydrogens (tertiary/aromatic N) is 2. The number of carbonyl (C=O) groups is 1. The molecule has 0 amide bonds. The van der Waals surface area contributed by atoms with Crippen LogP contribution in [0.15, 0.2) is 17.2 Å². The topological polar surface area (TPSA) is 92.4 Å². The van der Waals surface area contributed by atoms with Gasteiger partial charge in [0.2, 0.25) is 0 Å². The number of aromatic carboxylic acids is 1. The number of carboxylic acid groups (broad SMARTS) is 1. The molecule has 0 aliphatic heterocycles. The first-order valence-electron chi connectivity index (χ1n) is 2.62. The van der Waals surface area contributed by atoms with Crippen molar-refractivity contribution in [2.45, 2.75) is 0 Å². The van der Waals surface area contributed by atoms with Gasteiger partial charge in [-0.15, -0.1) is 4.73 Å². The smallest absolute Gasteiger partial charge is 0.354 e. The molecule has 0 fully saturated rings. The van der Waals surface area contributed by atoms with E-state index in [0.717, 1.165) is 12.4 Å². The van der Waals surface area contributed by atoms with Crippen LogP contribution in [-0.4, -0.2) is 26.0 Å². The van der Waals surface area contributed by atoms with E-state index in [2.05, 4.69) is 4.98 Å². The van der Waals surface area contributed by atoms with Gasteiger partial charge in [0.05, 0.1) is 0 Å². The zero-order valence-electron chi connectivity index (χ0n) is 5.26. The summed E-state index contributed by atoms with van der Waals surface area (Å²) >= 11 is 0. The molecule has 0 aliphatic rings. The Morgan fingerprint density at radius 2 is 2.27 bits per heavy atom. The van der Waals surface area contributed by atoms with Crippen molar-refractivity contribution in [3.05, 3.63) is 28.4 Å². The molecule has 11 heavy (non-hydrogen) atoms. The third-order valence-corrected chi connectivity index (χ3v) is 1.01. The first-order valence-corrected chi connectivity index (χ1v) is 2.62. The molecule has 0 unspecified atom stereocenters. The van der Waals surface area contributed by atoms with Crippen LogP contribution in [0.25, 0.3) is 0 Å². The highest BCUT2D eigenvalue weighted by Gasteiger charge is 2.05. The fourth-order valence-corrected chi connectivity index (χ4v) is 0.511. The van der Waals surface area contributed by atoms with Gasteiger partial charge in [-0.3, -0.25) is 4.79 Å². The number of aromatic nitrogens is 2. The van der Waals surface area contributed by atoms with Crippen molar-refractivity contribution in [3.8, 4) is 0 Å². The Morgan fingerprint density at radius 1 is 1.64 bits per heavy atom. The zero-order valence-corrected chi connectivity index (χ0v) is 5.26. The normalized spacial score (nSPS) is 9.45. The van der Waals surface area contributed by atoms with Gasteiger partial charge in [-0.25, -0.2) is 9.78 Å². The second-order valence-corrected chi connectivity index (χ2v) is 1.76. The third kappa shape index (κ3) is 1.34. The highest BCUT2D eigenvalue weighted by Crippen LogP contribution is 1.85. The number of hydrogen-bond donors (Lipinski definition) is 2. The van der Waals surface area contributed by atoms with Crippen molar-refractivity contribution in [2.75, 3.05) is 0 Å². The van der Waals surface area contributed by atoms with Crippen LogP contribution in [-0.2, 0) is 0 Å². The minimum atomic E-state index is -1.30. The summed E-state index contributed by atoms with van der Waals surface area (Å²) in [5.74, 6) is -1.30. The summed E-state index contributed by atoms with van der Waals surface area (Å²) < 4.78 is 0.201. The van der Waals surface area contributed by atoms with E-state index in [1.54, 1.807) is 0 Å². The third-order valence-electron chi connectivity index (χ3n) is 1.01. The van der Waals surface area contributed by atoms with Gasteiger partial charge in [-0.2, -0.15) is 0 Å². The highest BCUT2D eigenvalue weighted by atomic mass is 16.5. The molecule has 0 saturated heterocycles. The summed E-state index contributed by atoms with van der Waals surface area (Å²) in [7, 11) is 0. The van der Waals surface area contributed by atoms with E-state index in [-0.39, 0.29) is 10.4 Å². The van der Waals surface area contributed by atoms with Crippen LogP contribution in [0, 0.1) is 0 Å². The molecule has 0 saturated carbocycles. The number of hydrogen-bond acceptors (Lipinski definition) is 4. The average molecular weight is 156 g/mol. The van der Waals surface area contributed by atoms with Gasteiger partial charge in [-0.05, 0) is 0 Å². The maximum absolute atomic E-state index is 10.6. The van der Waals surface area contributed by atoms with E-state index < -0.39 is 11.5 Å². The Labute approximate surface area is 60.3 Å². The van der Waals surface area contributed by atoms with E-state index in [4.69, 9.17) is 10.3 Å². The molecule has 0 radical (unpaired) electrons. The molecule has 0 aromatic carbocycles. The Kier molecular flexibility index (Phi) is 1.59. The minimum absolute atomic E-state index is 0.201. The maximum atomic E-state index is 10.6. The summed E-state index contributed by atoms with van der Waals surface area (Å²) in [6.45, 7) is 0. The fourth-order valence-electron chi connectivity index (χ4n) is 0.511. The molecule has 0 atom stereocenters. The molecule has 58 valence electrons. The predicted octanol–water partition coefficient (Wildman–Crippen LogP) is -0.821. The quantitative estimate of drug-likeness (QED) is 0.518. The van der Waals surface area contributed by atoms with Crippen molar-refractivity contribution in [1.29, 1.82) is 0 Å². The van der Waals surface area contributed by atoms with Crippen LogP contribution in [0.3, 0.4) is 0 Å². The zero-order chi connectivity index (χ0) is 8.43. The van der Waals surface area contributed by atoms with Crippen molar-refractivity contribution in [2.24, 2.45) is 0 Å². The van der Waals surface area contributed by atoms with Gasteiger partial charge < -0.3 is 10.3 Å². The molecular weight excluding hydrogens is 152 g/mol. The number of rotatable bonds is 1. The first kappa shape index (κ1) is 7.26. The van der Waals surface area contributed by atoms with Crippen LogP contribution < -0.4 is 5.56 Å². The lowest BCUT2D eigenvalue weighted by Crippen LogP contribution is -2.19. The summed E-state index contributed by atoms with van der Waals surface area (Å²) in [6.07, 6.45) is 0.728. The largest absolute Gasteiger partial charge is 0.477 e. The van der Waals surface area contributed by atoms with Crippen LogP contribution in [0.1, 0.15) is 10.5 Å². The first-order chi connectivity index (χ1) is 5.11. The Hall–Kier alpha value is -1.85. The van der Waals surface area contributed by atoms with Crippen LogP contribution in [0.4, 0.5) is 0 Å². The molecule has 0 bridgehead atoms. The molecule has 0 spiro atoms. The van der Waals surface area contributed by atoms with Gasteiger partial charge in [-0.1, -0.05) is 0 Å². The average Bonchev–Trinajstić information content (AvgIpc) is 1.94. The molecule has 1 heterocycles. The molecule has 6 heteroatoms. The van der Waals surface area contributed by atoms with Gasteiger partial charge in [0.15, 0.2) is 5.69 Å². The lowest BCUT2D eigenvalue weighted by atomic mass is 10.4. The summed E-state index contributed by atoms with van der Waals surface area (Å²) in [5, 5.41) is 16.9. The monoisotopic (exact) mass is 156 g/mol. The summed E-state index contributed by atoms with van der Waals surface area (Å²) in [5.41, 5.74) is -1.21. The lowest BCUT2D eigenvalue weighted by Gasteiger charge is -1.93. The summed E-state index contributed by atoms with van der Waals surface area (Å²) in [4.78, 5) is 24.0. The molecular formula is C5H4N2O4. The van der Waals surface area contributed by atoms with E-state index in [1.165, 1.54) is 0 Å². The van der Waals surface area contributed by atoms with Crippen LogP contribution >= 0.6 is 0 Å². The van der Waals surface area contributed by atoms with E-state index in [9.17, 15) is 9.59 Å². The molecule has 0 aliphatic carbocycles. The predicted molar refractivity (Wildman–Crippen MR) is 32.6 cm³/mol. The van der Waals surface area contributed by atoms with Gasteiger partial charge in [0.25, 0.3) is 5.56 Å². The fraction of sp³-hybridized carbons (Fsp3) is 0. The maximum Gasteiger partial charge on any atom is 0.354 e. The van der Waals surface area contributed by atoms with Crippen molar-refractivity contribution < 1.29 is 15.1 Å². The minimum Gasteiger partial charge on any atom is -0.477 e. The van der Waals surface area contributed by atoms with E-state index in [0.29, 0.717) is 0 Å². The molecule has 6 nitrogen and oxygen atoms in total. The molecule has 1 aromatic heterocycles. The summed E-state index contributed by atoms with van der Waals surface area (Å²) in [6, 6.07) is 0.725. The highest BCUT2D eigenvalue weighted by molar-refractivity contribution is 5.84. The van der Waals surface area contributed by atoms with Gasteiger partial charge in [0, 0.05) is 6.07 Å². The van der Waals surface area contributed by atoms with Crippen LogP contribution in [0.5, 0.6) is 0 Å². The van der Waals surface area contributed by atoms with Gasteiger partial charge >= 0.3 is 5.97 Å². The lowest BCUT2D eigenvalue weighted by molar-refractivity contribution is 0.0688. The second-order valence-electron chi connectivity index (χ2n) is 1.76. The molecule has 1 aromatic rings. The van der Waals surface area contributed by atoms with E-state index >= 15 is 0 Å². The standard InChI is InChI=1S/C5H4N2O4/c8-4-1-3(5(9)10)6-2-7(4)11/h1-2,11H,(H,9,10). The number of carboxylic acids is 1. The van der Waals surface area contributed by atoms with Crippen molar-refractivity contribution in [1.82, 2.24) is 9.71 Å². The van der Waals surface area contributed by atoms with Crippen LogP contribution in [0.2, 0.25) is 0 Å². The van der Waals surface area contributed by atoms with Gasteiger partial charge in [0.1, 0.15) is 6.33 Å². The Bertz CT molecular complexity index is 343. The SMILES string of the molecule is O=C(O)c1cc(=O)n(O)cn1. The van der Waals surface area contributed by atoms with E-state index in [1.807, 2.05) is 0 Å². The Balaban J connectivity index is 3.26.